The van der Waals surface area contributed by atoms with Gasteiger partial charge < -0.3 is 0 Å². The first-order chi connectivity index (χ1) is 7.75. The SMILES string of the molecule is Cc1cncc(CC(=O)c2ccccc2)c1. The highest BCUT2D eigenvalue weighted by Gasteiger charge is 2.06. The van der Waals surface area contributed by atoms with Crippen molar-refractivity contribution in [2.24, 2.45) is 0 Å². The lowest BCUT2D eigenvalue weighted by atomic mass is 10.0. The zero-order valence-electron chi connectivity index (χ0n) is 9.18. The summed E-state index contributed by atoms with van der Waals surface area (Å²) < 4.78 is 0. The van der Waals surface area contributed by atoms with Gasteiger partial charge in [0, 0.05) is 24.4 Å². The van der Waals surface area contributed by atoms with E-state index in [1.165, 1.54) is 0 Å². The van der Waals surface area contributed by atoms with Crippen molar-refractivity contribution in [1.82, 2.24) is 4.98 Å². The van der Waals surface area contributed by atoms with Crippen LogP contribution in [-0.2, 0) is 6.42 Å². The van der Waals surface area contributed by atoms with Crippen LogP contribution >= 0.6 is 0 Å². The minimum atomic E-state index is 0.132. The number of rotatable bonds is 3. The fraction of sp³-hybridized carbons (Fsp3) is 0.143. The van der Waals surface area contributed by atoms with E-state index in [0.717, 1.165) is 16.7 Å². The molecule has 1 aromatic heterocycles. The van der Waals surface area contributed by atoms with Crippen LogP contribution in [0, 0.1) is 6.92 Å². The molecule has 16 heavy (non-hydrogen) atoms. The number of carbonyl (C=O) groups is 1. The van der Waals surface area contributed by atoms with E-state index in [9.17, 15) is 4.79 Å². The van der Waals surface area contributed by atoms with Crippen molar-refractivity contribution in [1.29, 1.82) is 0 Å². The summed E-state index contributed by atoms with van der Waals surface area (Å²) in [5, 5.41) is 0. The Morgan fingerprint density at radius 2 is 1.94 bits per heavy atom. The first kappa shape index (κ1) is 10.6. The van der Waals surface area contributed by atoms with E-state index >= 15 is 0 Å². The number of aryl methyl sites for hydroxylation is 1. The lowest BCUT2D eigenvalue weighted by Gasteiger charge is -2.01. The summed E-state index contributed by atoms with van der Waals surface area (Å²) in [5.74, 6) is 0.132. The number of hydrogen-bond acceptors (Lipinski definition) is 2. The molecule has 0 bridgehead atoms. The zero-order valence-corrected chi connectivity index (χ0v) is 9.18. The monoisotopic (exact) mass is 211 g/mol. The van der Waals surface area contributed by atoms with Crippen molar-refractivity contribution in [3.05, 3.63) is 65.5 Å². The maximum absolute atomic E-state index is 11.9. The maximum atomic E-state index is 11.9. The summed E-state index contributed by atoms with van der Waals surface area (Å²) in [5.41, 5.74) is 2.80. The molecule has 2 aromatic rings. The number of benzene rings is 1. The van der Waals surface area contributed by atoms with E-state index in [4.69, 9.17) is 0 Å². The molecule has 0 fully saturated rings. The second-order valence-electron chi connectivity index (χ2n) is 3.84. The summed E-state index contributed by atoms with van der Waals surface area (Å²) in [6, 6.07) is 11.3. The number of aromatic nitrogens is 1. The highest BCUT2D eigenvalue weighted by Crippen LogP contribution is 2.07. The molecular formula is C14H13NO. The molecule has 2 nitrogen and oxygen atoms in total. The van der Waals surface area contributed by atoms with Crippen molar-refractivity contribution in [3.63, 3.8) is 0 Å². The van der Waals surface area contributed by atoms with Crippen molar-refractivity contribution in [2.75, 3.05) is 0 Å². The van der Waals surface area contributed by atoms with Crippen molar-refractivity contribution in [3.8, 4) is 0 Å². The Bertz CT molecular complexity index is 491. The minimum Gasteiger partial charge on any atom is -0.294 e. The Morgan fingerprint density at radius 3 is 2.62 bits per heavy atom. The van der Waals surface area contributed by atoms with Gasteiger partial charge in [-0.1, -0.05) is 36.4 Å². The van der Waals surface area contributed by atoms with Crippen LogP contribution in [0.25, 0.3) is 0 Å². The van der Waals surface area contributed by atoms with Crippen LogP contribution in [0.5, 0.6) is 0 Å². The van der Waals surface area contributed by atoms with E-state index in [1.807, 2.05) is 43.3 Å². The predicted octanol–water partition coefficient (Wildman–Crippen LogP) is 2.82. The van der Waals surface area contributed by atoms with E-state index < -0.39 is 0 Å². The lowest BCUT2D eigenvalue weighted by Crippen LogP contribution is -2.03. The van der Waals surface area contributed by atoms with Gasteiger partial charge in [-0.3, -0.25) is 9.78 Å². The molecule has 1 heterocycles. The molecular weight excluding hydrogens is 198 g/mol. The Hall–Kier alpha value is -1.96. The fourth-order valence-electron chi connectivity index (χ4n) is 1.63. The van der Waals surface area contributed by atoms with Crippen LogP contribution in [-0.4, -0.2) is 10.8 Å². The summed E-state index contributed by atoms with van der Waals surface area (Å²) in [6.07, 6.45) is 3.95. The van der Waals surface area contributed by atoms with E-state index in [-0.39, 0.29) is 5.78 Å². The molecule has 0 radical (unpaired) electrons. The molecule has 0 aliphatic heterocycles. The smallest absolute Gasteiger partial charge is 0.167 e. The van der Waals surface area contributed by atoms with Gasteiger partial charge in [0.25, 0.3) is 0 Å². The third kappa shape index (κ3) is 2.54. The third-order valence-electron chi connectivity index (χ3n) is 2.39. The highest BCUT2D eigenvalue weighted by molar-refractivity contribution is 5.97. The molecule has 0 spiro atoms. The second kappa shape index (κ2) is 4.71. The van der Waals surface area contributed by atoms with Gasteiger partial charge in [0.1, 0.15) is 0 Å². The van der Waals surface area contributed by atoms with E-state index in [1.54, 1.807) is 12.4 Å². The fourth-order valence-corrected chi connectivity index (χ4v) is 1.63. The molecule has 0 amide bonds. The number of Topliss-reactive ketones (excluding diaryl/α,β-unsaturated/α-hetero) is 1. The topological polar surface area (TPSA) is 30.0 Å². The van der Waals surface area contributed by atoms with Gasteiger partial charge in [-0.2, -0.15) is 0 Å². The second-order valence-corrected chi connectivity index (χ2v) is 3.84. The molecule has 2 rings (SSSR count). The average Bonchev–Trinajstić information content (AvgIpc) is 2.30. The van der Waals surface area contributed by atoms with Gasteiger partial charge in [-0.15, -0.1) is 0 Å². The van der Waals surface area contributed by atoms with Gasteiger partial charge in [0.05, 0.1) is 0 Å². The molecule has 0 atom stereocenters. The van der Waals surface area contributed by atoms with Gasteiger partial charge in [-0.05, 0) is 18.1 Å². The normalized spacial score (nSPS) is 10.1. The lowest BCUT2D eigenvalue weighted by molar-refractivity contribution is 0.0993. The first-order valence-corrected chi connectivity index (χ1v) is 5.24. The summed E-state index contributed by atoms with van der Waals surface area (Å²) in [4.78, 5) is 16.0. The van der Waals surface area contributed by atoms with Crippen molar-refractivity contribution in [2.45, 2.75) is 13.3 Å². The number of ketones is 1. The quantitative estimate of drug-likeness (QED) is 0.731. The van der Waals surface area contributed by atoms with Crippen molar-refractivity contribution < 1.29 is 4.79 Å². The van der Waals surface area contributed by atoms with E-state index in [2.05, 4.69) is 4.98 Å². The standard InChI is InChI=1S/C14H13NO/c1-11-7-12(10-15-9-11)8-14(16)13-5-3-2-4-6-13/h2-7,9-10H,8H2,1H3. The largest absolute Gasteiger partial charge is 0.294 e. The van der Waals surface area contributed by atoms with Crippen molar-refractivity contribution >= 4 is 5.78 Å². The third-order valence-corrected chi connectivity index (χ3v) is 2.39. The number of hydrogen-bond donors (Lipinski definition) is 0. The Kier molecular flexibility index (Phi) is 3.10. The average molecular weight is 211 g/mol. The van der Waals surface area contributed by atoms with Gasteiger partial charge in [0.2, 0.25) is 0 Å². The van der Waals surface area contributed by atoms with Crippen LogP contribution in [0.1, 0.15) is 21.5 Å². The molecule has 0 aliphatic carbocycles. The molecule has 1 aromatic carbocycles. The maximum Gasteiger partial charge on any atom is 0.167 e. The molecule has 0 N–H and O–H groups in total. The molecule has 0 saturated heterocycles. The summed E-state index contributed by atoms with van der Waals surface area (Å²) >= 11 is 0. The van der Waals surface area contributed by atoms with Gasteiger partial charge >= 0.3 is 0 Å². The van der Waals surface area contributed by atoms with Crippen LogP contribution < -0.4 is 0 Å². The Labute approximate surface area is 95.0 Å². The van der Waals surface area contributed by atoms with Crippen LogP contribution in [0.2, 0.25) is 0 Å². The van der Waals surface area contributed by atoms with Crippen LogP contribution in [0.3, 0.4) is 0 Å². The van der Waals surface area contributed by atoms with Gasteiger partial charge in [-0.25, -0.2) is 0 Å². The number of carbonyl (C=O) groups excluding carboxylic acids is 1. The first-order valence-electron chi connectivity index (χ1n) is 5.24. The highest BCUT2D eigenvalue weighted by atomic mass is 16.1. The summed E-state index contributed by atoms with van der Waals surface area (Å²) in [7, 11) is 0. The predicted molar refractivity (Wildman–Crippen MR) is 63.5 cm³/mol. The Balaban J connectivity index is 2.14. The number of pyridine rings is 1. The molecule has 0 aliphatic rings. The van der Waals surface area contributed by atoms with Gasteiger partial charge in [0.15, 0.2) is 5.78 Å². The zero-order chi connectivity index (χ0) is 11.4. The van der Waals surface area contributed by atoms with Crippen LogP contribution in [0.4, 0.5) is 0 Å². The van der Waals surface area contributed by atoms with Crippen LogP contribution in [0.15, 0.2) is 48.8 Å². The molecule has 0 saturated carbocycles. The Morgan fingerprint density at radius 1 is 1.19 bits per heavy atom. The number of nitrogens with zero attached hydrogens (tertiary/aromatic N) is 1. The molecule has 80 valence electrons. The molecule has 0 unspecified atom stereocenters. The van der Waals surface area contributed by atoms with E-state index in [0.29, 0.717) is 6.42 Å². The summed E-state index contributed by atoms with van der Waals surface area (Å²) in [6.45, 7) is 1.98. The molecule has 2 heteroatoms. The minimum absolute atomic E-state index is 0.132.